The van der Waals surface area contributed by atoms with Gasteiger partial charge in [-0.3, -0.25) is 13.9 Å². The van der Waals surface area contributed by atoms with Gasteiger partial charge < -0.3 is 10.2 Å². The van der Waals surface area contributed by atoms with Crippen LogP contribution in [0.4, 0.5) is 5.69 Å². The molecule has 3 aromatic rings. The molecule has 0 aliphatic heterocycles. The molecule has 0 radical (unpaired) electrons. The van der Waals surface area contributed by atoms with Gasteiger partial charge >= 0.3 is 0 Å². The van der Waals surface area contributed by atoms with E-state index in [1.165, 1.54) is 35.2 Å². The van der Waals surface area contributed by atoms with Crippen molar-refractivity contribution in [2.75, 3.05) is 10.8 Å². The molecule has 202 valence electrons. The lowest BCUT2D eigenvalue weighted by Crippen LogP contribution is -2.52. The third kappa shape index (κ3) is 7.28. The number of hydrogen-bond donors (Lipinski definition) is 1. The highest BCUT2D eigenvalue weighted by Gasteiger charge is 2.33. The Kier molecular flexibility index (Phi) is 9.82. The molecule has 3 aromatic carbocycles. The molecule has 0 saturated carbocycles. The van der Waals surface area contributed by atoms with Crippen molar-refractivity contribution >= 4 is 50.7 Å². The van der Waals surface area contributed by atoms with E-state index in [1.807, 2.05) is 45.0 Å². The summed E-state index contributed by atoms with van der Waals surface area (Å²) in [7, 11) is -4.20. The maximum Gasteiger partial charge on any atom is 0.264 e. The summed E-state index contributed by atoms with van der Waals surface area (Å²) in [6.45, 7) is 6.74. The third-order valence-corrected chi connectivity index (χ3v) is 8.13. The van der Waals surface area contributed by atoms with Crippen molar-refractivity contribution in [1.29, 1.82) is 0 Å². The first-order valence-electron chi connectivity index (χ1n) is 12.1. The van der Waals surface area contributed by atoms with E-state index in [2.05, 4.69) is 5.32 Å². The van der Waals surface area contributed by atoms with Gasteiger partial charge in [-0.1, -0.05) is 71.2 Å². The van der Waals surface area contributed by atoms with Crippen molar-refractivity contribution in [2.45, 2.75) is 51.2 Å². The van der Waals surface area contributed by atoms with Crippen molar-refractivity contribution in [3.05, 3.63) is 94.0 Å². The van der Waals surface area contributed by atoms with Gasteiger partial charge in [-0.15, -0.1) is 0 Å². The van der Waals surface area contributed by atoms with Crippen LogP contribution in [0.15, 0.2) is 77.7 Å². The van der Waals surface area contributed by atoms with Crippen LogP contribution in [0.25, 0.3) is 0 Å². The number of nitrogens with zero attached hydrogens (tertiary/aromatic N) is 2. The summed E-state index contributed by atoms with van der Waals surface area (Å²) in [5.74, 6) is -0.911. The number of hydrogen-bond acceptors (Lipinski definition) is 4. The van der Waals surface area contributed by atoms with E-state index >= 15 is 0 Å². The van der Waals surface area contributed by atoms with E-state index < -0.39 is 28.5 Å². The second kappa shape index (κ2) is 12.7. The summed E-state index contributed by atoms with van der Waals surface area (Å²) >= 11 is 12.5. The fourth-order valence-corrected chi connectivity index (χ4v) is 5.93. The van der Waals surface area contributed by atoms with E-state index in [-0.39, 0.29) is 34.1 Å². The number of carbonyl (C=O) groups is 2. The van der Waals surface area contributed by atoms with Gasteiger partial charge in [-0.2, -0.15) is 0 Å². The first kappa shape index (κ1) is 29.5. The zero-order chi connectivity index (χ0) is 28.0. The largest absolute Gasteiger partial charge is 0.352 e. The van der Waals surface area contributed by atoms with Crippen LogP contribution in [0, 0.1) is 6.92 Å². The van der Waals surface area contributed by atoms with Gasteiger partial charge in [0, 0.05) is 17.6 Å². The molecule has 0 bridgehead atoms. The van der Waals surface area contributed by atoms with E-state index in [1.54, 1.807) is 25.1 Å². The number of anilines is 1. The average Bonchev–Trinajstić information content (AvgIpc) is 2.86. The quantitative estimate of drug-likeness (QED) is 0.348. The highest BCUT2D eigenvalue weighted by molar-refractivity contribution is 7.92. The number of halogens is 2. The Balaban J connectivity index is 2.06. The lowest BCUT2D eigenvalue weighted by Gasteiger charge is -2.32. The minimum absolute atomic E-state index is 0.00495. The molecule has 2 amide bonds. The summed E-state index contributed by atoms with van der Waals surface area (Å²) in [5, 5.41) is 3.22. The van der Waals surface area contributed by atoms with E-state index in [0.717, 1.165) is 15.4 Å². The Morgan fingerprint density at radius 1 is 0.921 bits per heavy atom. The topological polar surface area (TPSA) is 86.8 Å². The molecule has 0 unspecified atom stereocenters. The molecule has 3 rings (SSSR count). The monoisotopic (exact) mass is 575 g/mol. The van der Waals surface area contributed by atoms with Gasteiger partial charge in [-0.25, -0.2) is 8.42 Å². The first-order valence-corrected chi connectivity index (χ1v) is 14.3. The van der Waals surface area contributed by atoms with Gasteiger partial charge in [0.25, 0.3) is 10.0 Å². The minimum Gasteiger partial charge on any atom is -0.352 e. The summed E-state index contributed by atoms with van der Waals surface area (Å²) in [6.07, 6.45) is 0. The molecule has 0 aliphatic rings. The first-order chi connectivity index (χ1) is 17.9. The van der Waals surface area contributed by atoms with Crippen molar-refractivity contribution in [3.8, 4) is 0 Å². The normalized spacial score (nSPS) is 12.2. The Bertz CT molecular complexity index is 1400. The van der Waals surface area contributed by atoms with Gasteiger partial charge in [-0.05, 0) is 63.6 Å². The van der Waals surface area contributed by atoms with Gasteiger partial charge in [0.15, 0.2) is 0 Å². The van der Waals surface area contributed by atoms with Crippen molar-refractivity contribution in [1.82, 2.24) is 10.2 Å². The molecule has 0 saturated heterocycles. The zero-order valence-corrected chi connectivity index (χ0v) is 24.0. The van der Waals surface area contributed by atoms with Gasteiger partial charge in [0.05, 0.1) is 15.6 Å². The van der Waals surface area contributed by atoms with E-state index in [4.69, 9.17) is 23.2 Å². The molecule has 1 N–H and O–H groups in total. The zero-order valence-electron chi connectivity index (χ0n) is 21.7. The number of sulfonamides is 1. The highest BCUT2D eigenvalue weighted by Crippen LogP contribution is 2.33. The van der Waals surface area contributed by atoms with Crippen LogP contribution in [0.5, 0.6) is 0 Å². The minimum atomic E-state index is -4.20. The fraction of sp³-hybridized carbons (Fsp3) is 0.286. The number of nitrogens with one attached hydrogen (secondary N) is 1. The summed E-state index contributed by atoms with van der Waals surface area (Å²) < 4.78 is 28.5. The van der Waals surface area contributed by atoms with Crippen molar-refractivity contribution in [2.24, 2.45) is 0 Å². The number of amides is 2. The maximum atomic E-state index is 13.9. The van der Waals surface area contributed by atoms with Gasteiger partial charge in [0.2, 0.25) is 11.8 Å². The molecular weight excluding hydrogens is 545 g/mol. The van der Waals surface area contributed by atoms with Crippen LogP contribution >= 0.6 is 23.2 Å². The van der Waals surface area contributed by atoms with Gasteiger partial charge in [0.1, 0.15) is 12.6 Å². The summed E-state index contributed by atoms with van der Waals surface area (Å²) in [5.41, 5.74) is 1.91. The molecule has 1 atom stereocenters. The number of aryl methyl sites for hydroxylation is 1. The van der Waals surface area contributed by atoms with E-state index in [9.17, 15) is 18.0 Å². The Morgan fingerprint density at radius 2 is 1.61 bits per heavy atom. The smallest absolute Gasteiger partial charge is 0.264 e. The highest BCUT2D eigenvalue weighted by atomic mass is 35.5. The molecule has 0 fully saturated rings. The Hall–Kier alpha value is -3.07. The van der Waals surface area contributed by atoms with Crippen LogP contribution in [0.2, 0.25) is 10.0 Å². The molecule has 7 nitrogen and oxygen atoms in total. The molecule has 0 spiro atoms. The Labute approximate surface area is 234 Å². The number of benzene rings is 3. The maximum absolute atomic E-state index is 13.9. The molecule has 0 heterocycles. The van der Waals surface area contributed by atoms with Crippen molar-refractivity contribution in [3.63, 3.8) is 0 Å². The van der Waals surface area contributed by atoms with Crippen molar-refractivity contribution < 1.29 is 18.0 Å². The lowest BCUT2D eigenvalue weighted by atomic mass is 10.1. The second-order valence-electron chi connectivity index (χ2n) is 9.27. The summed E-state index contributed by atoms with van der Waals surface area (Å²) in [6, 6.07) is 18.7. The van der Waals surface area contributed by atoms with E-state index in [0.29, 0.717) is 5.02 Å². The lowest BCUT2D eigenvalue weighted by molar-refractivity contribution is -0.139. The SMILES string of the molecule is Cc1cccc(CN(C(=O)CN(c2ccc(Cl)cc2Cl)S(=O)(=O)c2ccccc2)[C@@H](C)C(=O)NC(C)C)c1. The molecule has 0 aliphatic carbocycles. The van der Waals surface area contributed by atoms with Crippen LogP contribution in [-0.4, -0.2) is 43.8 Å². The van der Waals surface area contributed by atoms with Crippen LogP contribution in [-0.2, 0) is 26.2 Å². The standard InChI is InChI=1S/C28H31Cl2N3O4S/c1-19(2)31-28(35)21(4)32(17-22-10-8-9-20(3)15-22)27(34)18-33(26-14-13-23(29)16-25(26)30)38(36,37)24-11-6-5-7-12-24/h5-16,19,21H,17-18H2,1-4H3,(H,31,35)/t21-/m0/s1. The molecular formula is C28H31Cl2N3O4S. The molecule has 38 heavy (non-hydrogen) atoms. The predicted octanol–water partition coefficient (Wildman–Crippen LogP) is 5.44. The fourth-order valence-electron chi connectivity index (χ4n) is 3.91. The molecule has 10 heteroatoms. The average molecular weight is 577 g/mol. The second-order valence-corrected chi connectivity index (χ2v) is 12.0. The van der Waals surface area contributed by atoms with Crippen LogP contribution in [0.1, 0.15) is 31.9 Å². The third-order valence-electron chi connectivity index (χ3n) is 5.82. The van der Waals surface area contributed by atoms with Crippen LogP contribution in [0.3, 0.4) is 0 Å². The number of rotatable bonds is 10. The predicted molar refractivity (Wildman–Crippen MR) is 152 cm³/mol. The number of carbonyl (C=O) groups excluding carboxylic acids is 2. The Morgan fingerprint density at radius 3 is 2.21 bits per heavy atom. The molecule has 0 aromatic heterocycles. The van der Waals surface area contributed by atoms with Crippen LogP contribution < -0.4 is 9.62 Å². The summed E-state index contributed by atoms with van der Waals surface area (Å²) in [4.78, 5) is 28.2.